The second-order valence-electron chi connectivity index (χ2n) is 5.75. The van der Waals surface area contributed by atoms with Gasteiger partial charge in [-0.05, 0) is 49.2 Å². The molecule has 25 heavy (non-hydrogen) atoms. The highest BCUT2D eigenvalue weighted by Gasteiger charge is 2.26. The third-order valence-electron chi connectivity index (χ3n) is 3.98. The Kier molecular flexibility index (Phi) is 5.38. The van der Waals surface area contributed by atoms with Gasteiger partial charge in [-0.25, -0.2) is 4.79 Å². The summed E-state index contributed by atoms with van der Waals surface area (Å²) < 4.78 is 11.6. The molecule has 0 aliphatic carbocycles. The number of rotatable bonds is 5. The smallest absolute Gasteiger partial charge is 0.347 e. The van der Waals surface area contributed by atoms with Crippen LogP contribution in [0.1, 0.15) is 12.5 Å². The number of carbonyl (C=O) groups is 2. The van der Waals surface area contributed by atoms with Gasteiger partial charge in [-0.15, -0.1) is 0 Å². The van der Waals surface area contributed by atoms with Gasteiger partial charge >= 0.3 is 5.97 Å². The number of fused-ring (bicyclic) bond motifs is 1. The Balaban J connectivity index is 1.52. The fourth-order valence-corrected chi connectivity index (χ4v) is 2.96. The fourth-order valence-electron chi connectivity index (χ4n) is 2.69. The van der Waals surface area contributed by atoms with Crippen molar-refractivity contribution in [3.63, 3.8) is 0 Å². The molecule has 1 heterocycles. The average Bonchev–Trinajstić information content (AvgIpc) is 3.05. The molecule has 1 aliphatic rings. The molecule has 1 aliphatic heterocycles. The van der Waals surface area contributed by atoms with Crippen LogP contribution < -0.4 is 9.64 Å². The lowest BCUT2D eigenvalue weighted by molar-refractivity contribution is -0.154. The SMILES string of the molecule is C[C@@H](Oc1ccc(Br)cc1)C(=O)OCC(=O)N1CCc2ccccc21. The molecular formula is C19H18BrNO4. The topological polar surface area (TPSA) is 55.8 Å². The number of hydrogen-bond donors (Lipinski definition) is 0. The minimum absolute atomic E-state index is 0.228. The molecule has 0 N–H and O–H groups in total. The fraction of sp³-hybridized carbons (Fsp3) is 0.263. The summed E-state index contributed by atoms with van der Waals surface area (Å²) in [6, 6.07) is 14.9. The third-order valence-corrected chi connectivity index (χ3v) is 4.51. The van der Waals surface area contributed by atoms with E-state index in [2.05, 4.69) is 15.9 Å². The van der Waals surface area contributed by atoms with Crippen LogP contribution in [0.2, 0.25) is 0 Å². The van der Waals surface area contributed by atoms with Gasteiger partial charge in [0.15, 0.2) is 12.7 Å². The summed E-state index contributed by atoms with van der Waals surface area (Å²) in [5.74, 6) is -0.231. The van der Waals surface area contributed by atoms with Crippen molar-refractivity contribution in [1.82, 2.24) is 0 Å². The Morgan fingerprint density at radius 2 is 1.88 bits per heavy atom. The van der Waals surface area contributed by atoms with Gasteiger partial charge in [0, 0.05) is 16.7 Å². The highest BCUT2D eigenvalue weighted by atomic mass is 79.9. The first-order valence-electron chi connectivity index (χ1n) is 8.02. The van der Waals surface area contributed by atoms with Crippen LogP contribution in [0.3, 0.4) is 0 Å². The van der Waals surface area contributed by atoms with Crippen LogP contribution in [0.15, 0.2) is 53.0 Å². The molecule has 2 aromatic rings. The molecule has 0 aromatic heterocycles. The van der Waals surface area contributed by atoms with E-state index in [1.807, 2.05) is 36.4 Å². The minimum Gasteiger partial charge on any atom is -0.479 e. The molecule has 0 saturated carbocycles. The Hall–Kier alpha value is -2.34. The molecule has 3 rings (SSSR count). The molecule has 1 amide bonds. The van der Waals surface area contributed by atoms with Crippen LogP contribution in [0.5, 0.6) is 5.75 Å². The summed E-state index contributed by atoms with van der Waals surface area (Å²) in [5.41, 5.74) is 2.02. The minimum atomic E-state index is -0.792. The van der Waals surface area contributed by atoms with E-state index in [0.717, 1.165) is 22.1 Å². The van der Waals surface area contributed by atoms with Crippen molar-refractivity contribution in [3.8, 4) is 5.75 Å². The van der Waals surface area contributed by atoms with Gasteiger partial charge in [0.25, 0.3) is 5.91 Å². The molecule has 0 bridgehead atoms. The molecule has 0 fully saturated rings. The number of ether oxygens (including phenoxy) is 2. The zero-order valence-electron chi connectivity index (χ0n) is 13.8. The van der Waals surface area contributed by atoms with E-state index in [1.54, 1.807) is 24.0 Å². The van der Waals surface area contributed by atoms with Crippen LogP contribution >= 0.6 is 15.9 Å². The van der Waals surface area contributed by atoms with Crippen molar-refractivity contribution in [1.29, 1.82) is 0 Å². The molecule has 0 saturated heterocycles. The van der Waals surface area contributed by atoms with E-state index in [-0.39, 0.29) is 12.5 Å². The van der Waals surface area contributed by atoms with Gasteiger partial charge in [0.05, 0.1) is 0 Å². The molecule has 0 spiro atoms. The summed E-state index contributed by atoms with van der Waals surface area (Å²) in [6.45, 7) is 1.92. The number of halogens is 1. The Morgan fingerprint density at radius 3 is 2.64 bits per heavy atom. The van der Waals surface area contributed by atoms with E-state index in [1.165, 1.54) is 0 Å². The Bertz CT molecular complexity index is 775. The largest absolute Gasteiger partial charge is 0.479 e. The van der Waals surface area contributed by atoms with Crippen molar-refractivity contribution in [2.75, 3.05) is 18.1 Å². The van der Waals surface area contributed by atoms with Crippen LogP contribution in [-0.4, -0.2) is 31.1 Å². The number of esters is 1. The lowest BCUT2D eigenvalue weighted by atomic mass is 10.2. The first kappa shape index (κ1) is 17.5. The predicted molar refractivity (Wildman–Crippen MR) is 97.7 cm³/mol. The van der Waals surface area contributed by atoms with Gasteiger partial charge in [0.2, 0.25) is 0 Å². The maximum atomic E-state index is 12.3. The zero-order chi connectivity index (χ0) is 17.8. The quantitative estimate of drug-likeness (QED) is 0.718. The molecule has 6 heteroatoms. The number of hydrogen-bond acceptors (Lipinski definition) is 4. The maximum absolute atomic E-state index is 12.3. The summed E-state index contributed by atoms with van der Waals surface area (Å²) in [5, 5.41) is 0. The third kappa shape index (κ3) is 4.20. The summed E-state index contributed by atoms with van der Waals surface area (Å²) in [6.07, 6.45) is 0.0266. The van der Waals surface area contributed by atoms with E-state index >= 15 is 0 Å². The van der Waals surface area contributed by atoms with E-state index in [0.29, 0.717) is 12.3 Å². The van der Waals surface area contributed by atoms with Gasteiger partial charge in [-0.3, -0.25) is 4.79 Å². The Morgan fingerprint density at radius 1 is 1.16 bits per heavy atom. The first-order chi connectivity index (χ1) is 12.0. The lowest BCUT2D eigenvalue weighted by Crippen LogP contribution is -2.35. The van der Waals surface area contributed by atoms with Crippen molar-refractivity contribution in [2.24, 2.45) is 0 Å². The number of carbonyl (C=O) groups excluding carboxylic acids is 2. The second kappa shape index (κ2) is 7.70. The van der Waals surface area contributed by atoms with Crippen LogP contribution in [0.4, 0.5) is 5.69 Å². The highest BCUT2D eigenvalue weighted by Crippen LogP contribution is 2.27. The van der Waals surface area contributed by atoms with Crippen LogP contribution in [0, 0.1) is 0 Å². The van der Waals surface area contributed by atoms with Crippen molar-refractivity contribution in [3.05, 3.63) is 58.6 Å². The van der Waals surface area contributed by atoms with E-state index < -0.39 is 12.1 Å². The van der Waals surface area contributed by atoms with Crippen molar-refractivity contribution in [2.45, 2.75) is 19.4 Å². The number of para-hydroxylation sites is 1. The molecule has 2 aromatic carbocycles. The summed E-state index contributed by atoms with van der Waals surface area (Å²) >= 11 is 3.34. The standard InChI is InChI=1S/C19H18BrNO4/c1-13(25-16-8-6-15(20)7-9-16)19(23)24-12-18(22)21-11-10-14-4-2-3-5-17(14)21/h2-9,13H,10-12H2,1H3/t13-/m1/s1. The monoisotopic (exact) mass is 403 g/mol. The van der Waals surface area contributed by atoms with E-state index in [4.69, 9.17) is 9.47 Å². The summed E-state index contributed by atoms with van der Waals surface area (Å²) in [7, 11) is 0. The van der Waals surface area contributed by atoms with Gasteiger partial charge < -0.3 is 14.4 Å². The average molecular weight is 404 g/mol. The first-order valence-corrected chi connectivity index (χ1v) is 8.81. The van der Waals surface area contributed by atoms with Gasteiger partial charge in [0.1, 0.15) is 5.75 Å². The zero-order valence-corrected chi connectivity index (χ0v) is 15.4. The van der Waals surface area contributed by atoms with Gasteiger partial charge in [-0.1, -0.05) is 34.1 Å². The molecule has 1 atom stereocenters. The predicted octanol–water partition coefficient (Wildman–Crippen LogP) is 3.35. The molecule has 0 unspecified atom stereocenters. The lowest BCUT2D eigenvalue weighted by Gasteiger charge is -2.18. The number of nitrogens with zero attached hydrogens (tertiary/aromatic N) is 1. The molecule has 130 valence electrons. The van der Waals surface area contributed by atoms with E-state index in [9.17, 15) is 9.59 Å². The molecular weight excluding hydrogens is 386 g/mol. The Labute approximate surface area is 154 Å². The molecule has 0 radical (unpaired) electrons. The van der Waals surface area contributed by atoms with Crippen molar-refractivity contribution < 1.29 is 19.1 Å². The second-order valence-corrected chi connectivity index (χ2v) is 6.66. The van der Waals surface area contributed by atoms with Crippen LogP contribution in [-0.2, 0) is 20.7 Å². The maximum Gasteiger partial charge on any atom is 0.347 e. The molecule has 5 nitrogen and oxygen atoms in total. The number of benzene rings is 2. The highest BCUT2D eigenvalue weighted by molar-refractivity contribution is 9.10. The van der Waals surface area contributed by atoms with Crippen LogP contribution in [0.25, 0.3) is 0 Å². The number of amides is 1. The van der Waals surface area contributed by atoms with Crippen molar-refractivity contribution >= 4 is 33.5 Å². The normalized spacial score (nSPS) is 13.9. The summed E-state index contributed by atoms with van der Waals surface area (Å²) in [4.78, 5) is 26.0. The number of anilines is 1. The van der Waals surface area contributed by atoms with Gasteiger partial charge in [-0.2, -0.15) is 0 Å².